The standard InChI is InChI=1S/C18H19N5O2/c1-4-11-20(2)22-14-9-10-15(23(24)25)18-16(14)17(19-22)12-7-5-6-8-13(12)21(18)3/h5-10H,4,11H2,1-3H3. The molecule has 7 nitrogen and oxygen atoms in total. The van der Waals surface area contributed by atoms with Crippen molar-refractivity contribution >= 4 is 28.0 Å². The van der Waals surface area contributed by atoms with Crippen molar-refractivity contribution in [3.63, 3.8) is 0 Å². The van der Waals surface area contributed by atoms with Gasteiger partial charge < -0.3 is 4.90 Å². The van der Waals surface area contributed by atoms with Crippen molar-refractivity contribution in [3.05, 3.63) is 46.5 Å². The van der Waals surface area contributed by atoms with Crippen LogP contribution in [0.5, 0.6) is 0 Å². The quantitative estimate of drug-likeness (QED) is 0.537. The van der Waals surface area contributed by atoms with E-state index in [0.29, 0.717) is 5.69 Å². The Morgan fingerprint density at radius 2 is 2.00 bits per heavy atom. The molecule has 0 saturated carbocycles. The van der Waals surface area contributed by atoms with Gasteiger partial charge in [-0.3, -0.25) is 15.1 Å². The minimum absolute atomic E-state index is 0.100. The van der Waals surface area contributed by atoms with E-state index in [2.05, 4.69) is 6.92 Å². The fourth-order valence-electron chi connectivity index (χ4n) is 3.61. The molecule has 7 heteroatoms. The minimum atomic E-state index is -0.323. The zero-order valence-corrected chi connectivity index (χ0v) is 14.4. The number of para-hydroxylation sites is 1. The van der Waals surface area contributed by atoms with Gasteiger partial charge in [0, 0.05) is 32.3 Å². The van der Waals surface area contributed by atoms with Crippen LogP contribution in [0.25, 0.3) is 22.2 Å². The van der Waals surface area contributed by atoms with Gasteiger partial charge in [-0.25, -0.2) is 0 Å². The zero-order chi connectivity index (χ0) is 17.7. The first-order valence-corrected chi connectivity index (χ1v) is 8.29. The van der Waals surface area contributed by atoms with Gasteiger partial charge in [-0.15, -0.1) is 0 Å². The molecule has 0 radical (unpaired) electrons. The molecule has 0 aliphatic carbocycles. The number of benzene rings is 2. The van der Waals surface area contributed by atoms with E-state index >= 15 is 0 Å². The van der Waals surface area contributed by atoms with Gasteiger partial charge in [-0.05, 0) is 18.6 Å². The Labute approximate surface area is 145 Å². The largest absolute Gasteiger partial charge is 0.338 e. The van der Waals surface area contributed by atoms with E-state index in [0.717, 1.165) is 40.8 Å². The molecule has 0 amide bonds. The van der Waals surface area contributed by atoms with Crippen LogP contribution >= 0.6 is 0 Å². The zero-order valence-electron chi connectivity index (χ0n) is 14.4. The minimum Gasteiger partial charge on any atom is -0.338 e. The molecule has 1 aromatic heterocycles. The summed E-state index contributed by atoms with van der Waals surface area (Å²) in [5.74, 6) is 0. The highest BCUT2D eigenvalue weighted by atomic mass is 16.6. The average Bonchev–Trinajstić information content (AvgIpc) is 3.00. The summed E-state index contributed by atoms with van der Waals surface area (Å²) in [4.78, 5) is 15.0. The van der Waals surface area contributed by atoms with Crippen LogP contribution in [0.3, 0.4) is 0 Å². The number of fused-ring (bicyclic) bond motifs is 2. The number of nitrogens with zero attached hydrogens (tertiary/aromatic N) is 5. The molecule has 2 heterocycles. The van der Waals surface area contributed by atoms with Gasteiger partial charge >= 0.3 is 0 Å². The normalized spacial score (nSPS) is 12.4. The van der Waals surface area contributed by atoms with E-state index in [9.17, 15) is 10.1 Å². The molecule has 0 saturated heterocycles. The lowest BCUT2D eigenvalue weighted by Gasteiger charge is -2.26. The van der Waals surface area contributed by atoms with Crippen molar-refractivity contribution in [1.82, 2.24) is 9.89 Å². The summed E-state index contributed by atoms with van der Waals surface area (Å²) < 4.78 is 0. The summed E-state index contributed by atoms with van der Waals surface area (Å²) in [6.07, 6.45) is 0.990. The molecule has 0 fully saturated rings. The van der Waals surface area contributed by atoms with E-state index in [1.54, 1.807) is 12.1 Å². The molecule has 2 aromatic carbocycles. The van der Waals surface area contributed by atoms with Crippen LogP contribution in [-0.4, -0.2) is 35.5 Å². The molecule has 1 aliphatic heterocycles. The van der Waals surface area contributed by atoms with Gasteiger partial charge in [0.1, 0.15) is 11.4 Å². The predicted molar refractivity (Wildman–Crippen MR) is 99.2 cm³/mol. The summed E-state index contributed by atoms with van der Waals surface area (Å²) in [5.41, 5.74) is 4.30. The van der Waals surface area contributed by atoms with Crippen LogP contribution in [0, 0.1) is 10.1 Å². The van der Waals surface area contributed by atoms with E-state index in [4.69, 9.17) is 5.10 Å². The van der Waals surface area contributed by atoms with E-state index in [1.807, 2.05) is 53.1 Å². The lowest BCUT2D eigenvalue weighted by atomic mass is 9.98. The fourth-order valence-corrected chi connectivity index (χ4v) is 3.61. The topological polar surface area (TPSA) is 67.4 Å². The van der Waals surface area contributed by atoms with Gasteiger partial charge in [-0.2, -0.15) is 9.89 Å². The molecule has 0 spiro atoms. The Hall–Kier alpha value is -3.09. The predicted octanol–water partition coefficient (Wildman–Crippen LogP) is 3.67. The van der Waals surface area contributed by atoms with Crippen LogP contribution in [0.4, 0.5) is 17.1 Å². The van der Waals surface area contributed by atoms with Crippen LogP contribution in [0.2, 0.25) is 0 Å². The summed E-state index contributed by atoms with van der Waals surface area (Å²) in [7, 11) is 3.85. The van der Waals surface area contributed by atoms with Crippen molar-refractivity contribution in [2.45, 2.75) is 13.3 Å². The maximum Gasteiger partial charge on any atom is 0.293 e. The number of hydrogen-bond acceptors (Lipinski definition) is 5. The third-order valence-electron chi connectivity index (χ3n) is 4.70. The third-order valence-corrected chi connectivity index (χ3v) is 4.70. The molecule has 0 atom stereocenters. The molecular formula is C18H19N5O2. The highest BCUT2D eigenvalue weighted by molar-refractivity contribution is 6.12. The number of nitro groups is 1. The molecule has 1 aliphatic rings. The van der Waals surface area contributed by atoms with Gasteiger partial charge in [0.25, 0.3) is 5.69 Å². The maximum absolute atomic E-state index is 11.6. The smallest absolute Gasteiger partial charge is 0.293 e. The first kappa shape index (κ1) is 15.4. The van der Waals surface area contributed by atoms with Crippen LogP contribution in [0.1, 0.15) is 13.3 Å². The lowest BCUT2D eigenvalue weighted by Crippen LogP contribution is -2.31. The second-order valence-corrected chi connectivity index (χ2v) is 6.28. The number of aromatic nitrogens is 2. The monoisotopic (exact) mass is 337 g/mol. The van der Waals surface area contributed by atoms with E-state index in [-0.39, 0.29) is 10.6 Å². The lowest BCUT2D eigenvalue weighted by molar-refractivity contribution is -0.384. The first-order valence-electron chi connectivity index (χ1n) is 8.29. The SMILES string of the molecule is CCCN(C)n1nc2c3c(c([N+](=O)[O-])ccc31)N(C)c1ccccc1-2. The van der Waals surface area contributed by atoms with Crippen molar-refractivity contribution in [2.75, 3.05) is 30.5 Å². The van der Waals surface area contributed by atoms with Crippen molar-refractivity contribution in [3.8, 4) is 11.3 Å². The first-order chi connectivity index (χ1) is 12.0. The molecule has 25 heavy (non-hydrogen) atoms. The molecule has 4 rings (SSSR count). The van der Waals surface area contributed by atoms with Gasteiger partial charge in [0.05, 0.1) is 21.5 Å². The van der Waals surface area contributed by atoms with Crippen LogP contribution in [0.15, 0.2) is 36.4 Å². The van der Waals surface area contributed by atoms with E-state index < -0.39 is 0 Å². The Morgan fingerprint density at radius 1 is 1.24 bits per heavy atom. The summed E-state index contributed by atoms with van der Waals surface area (Å²) in [5, 5.41) is 19.3. The number of hydrogen-bond donors (Lipinski definition) is 0. The van der Waals surface area contributed by atoms with Crippen LogP contribution in [-0.2, 0) is 0 Å². The Morgan fingerprint density at radius 3 is 2.72 bits per heavy atom. The summed E-state index contributed by atoms with van der Waals surface area (Å²) in [6.45, 7) is 2.96. The highest BCUT2D eigenvalue weighted by Crippen LogP contribution is 2.49. The van der Waals surface area contributed by atoms with Gasteiger partial charge in [0.15, 0.2) is 0 Å². The number of rotatable bonds is 4. The molecule has 128 valence electrons. The molecular weight excluding hydrogens is 318 g/mol. The fraction of sp³-hybridized carbons (Fsp3) is 0.278. The second-order valence-electron chi connectivity index (χ2n) is 6.28. The molecule has 3 aromatic rings. The van der Waals surface area contributed by atoms with E-state index in [1.165, 1.54) is 0 Å². The molecule has 0 unspecified atom stereocenters. The maximum atomic E-state index is 11.6. The number of nitro benzene ring substituents is 1. The Balaban J connectivity index is 2.11. The molecule has 0 bridgehead atoms. The third kappa shape index (κ3) is 2.08. The van der Waals surface area contributed by atoms with Gasteiger partial charge in [0.2, 0.25) is 0 Å². The van der Waals surface area contributed by atoms with Gasteiger partial charge in [-0.1, -0.05) is 25.1 Å². The molecule has 0 N–H and O–H groups in total. The van der Waals surface area contributed by atoms with Crippen molar-refractivity contribution in [2.24, 2.45) is 0 Å². The van der Waals surface area contributed by atoms with Crippen LogP contribution < -0.4 is 9.91 Å². The summed E-state index contributed by atoms with van der Waals surface area (Å²) in [6, 6.07) is 11.3. The average molecular weight is 337 g/mol. The summed E-state index contributed by atoms with van der Waals surface area (Å²) >= 11 is 0. The highest BCUT2D eigenvalue weighted by Gasteiger charge is 2.32. The Bertz CT molecular complexity index is 995. The van der Waals surface area contributed by atoms with Crippen molar-refractivity contribution in [1.29, 1.82) is 0 Å². The number of anilines is 2. The van der Waals surface area contributed by atoms with Crippen molar-refractivity contribution < 1.29 is 4.92 Å². The second kappa shape index (κ2) is 5.47. The Kier molecular flexibility index (Phi) is 3.38.